The van der Waals surface area contributed by atoms with Crippen LogP contribution in [0.15, 0.2) is 12.3 Å². The maximum Gasteiger partial charge on any atom is 0.270 e. The Kier molecular flexibility index (Phi) is 2.87. The summed E-state index contributed by atoms with van der Waals surface area (Å²) in [4.78, 5) is 14.0. The molecule has 1 aromatic heterocycles. The van der Waals surface area contributed by atoms with Crippen molar-refractivity contribution in [3.8, 4) is 0 Å². The Morgan fingerprint density at radius 2 is 2.29 bits per heavy atom. The Bertz CT molecular complexity index is 437. The fourth-order valence-corrected chi connectivity index (χ4v) is 2.36. The fraction of sp³-hybridized carbons (Fsp3) is 0.583. The summed E-state index contributed by atoms with van der Waals surface area (Å²) in [7, 11) is 1.80. The van der Waals surface area contributed by atoms with Gasteiger partial charge in [0.05, 0.1) is 11.3 Å². The number of aryl methyl sites for hydroxylation is 1. The minimum absolute atomic E-state index is 0.0656. The number of hydrogen-bond acceptors (Lipinski definition) is 3. The van der Waals surface area contributed by atoms with Gasteiger partial charge in [-0.1, -0.05) is 0 Å². The first-order valence-corrected chi connectivity index (χ1v) is 5.82. The molecular weight excluding hydrogens is 218 g/mol. The Morgan fingerprint density at radius 1 is 1.59 bits per heavy atom. The summed E-state index contributed by atoms with van der Waals surface area (Å²) in [6, 6.07) is 1.67. The lowest BCUT2D eigenvalue weighted by atomic mass is 9.95. The summed E-state index contributed by atoms with van der Waals surface area (Å²) in [6.07, 6.45) is 3.29. The highest BCUT2D eigenvalue weighted by Gasteiger charge is 2.32. The SMILES string of the molecule is Cn1cc(N)cc1C(=O)N1CCCC(C)(O)C1. The number of anilines is 1. The molecule has 5 nitrogen and oxygen atoms in total. The van der Waals surface area contributed by atoms with E-state index in [1.54, 1.807) is 35.7 Å². The van der Waals surface area contributed by atoms with Gasteiger partial charge in [-0.15, -0.1) is 0 Å². The van der Waals surface area contributed by atoms with E-state index in [0.29, 0.717) is 24.5 Å². The number of likely N-dealkylation sites (tertiary alicyclic amines) is 1. The minimum atomic E-state index is -0.773. The van der Waals surface area contributed by atoms with Crippen molar-refractivity contribution in [1.82, 2.24) is 9.47 Å². The Morgan fingerprint density at radius 3 is 2.82 bits per heavy atom. The normalized spacial score (nSPS) is 25.0. The molecular formula is C12H19N3O2. The molecule has 0 radical (unpaired) electrons. The maximum absolute atomic E-state index is 12.3. The van der Waals surface area contributed by atoms with Crippen LogP contribution in [-0.4, -0.2) is 39.2 Å². The van der Waals surface area contributed by atoms with Gasteiger partial charge < -0.3 is 20.3 Å². The van der Waals surface area contributed by atoms with Crippen LogP contribution < -0.4 is 5.73 Å². The van der Waals surface area contributed by atoms with E-state index in [4.69, 9.17) is 5.73 Å². The van der Waals surface area contributed by atoms with Crippen molar-refractivity contribution < 1.29 is 9.90 Å². The van der Waals surface area contributed by atoms with Crippen molar-refractivity contribution >= 4 is 11.6 Å². The molecule has 2 heterocycles. The van der Waals surface area contributed by atoms with Gasteiger partial charge in [0.15, 0.2) is 0 Å². The third-order valence-corrected chi connectivity index (χ3v) is 3.21. The number of nitrogens with two attached hydrogens (primary N) is 1. The number of rotatable bonds is 1. The van der Waals surface area contributed by atoms with Gasteiger partial charge in [-0.2, -0.15) is 0 Å². The quantitative estimate of drug-likeness (QED) is 0.751. The van der Waals surface area contributed by atoms with Crippen molar-refractivity contribution in [1.29, 1.82) is 0 Å². The zero-order chi connectivity index (χ0) is 12.6. The molecule has 2 rings (SSSR count). The van der Waals surface area contributed by atoms with Crippen LogP contribution in [0.2, 0.25) is 0 Å². The predicted molar refractivity (Wildman–Crippen MR) is 65.6 cm³/mol. The molecule has 0 aliphatic carbocycles. The van der Waals surface area contributed by atoms with Gasteiger partial charge in [0.25, 0.3) is 5.91 Å². The topological polar surface area (TPSA) is 71.5 Å². The third kappa shape index (κ3) is 2.44. The van der Waals surface area contributed by atoms with Crippen LogP contribution in [-0.2, 0) is 7.05 Å². The molecule has 1 saturated heterocycles. The monoisotopic (exact) mass is 237 g/mol. The highest BCUT2D eigenvalue weighted by atomic mass is 16.3. The summed E-state index contributed by atoms with van der Waals surface area (Å²) in [5.74, 6) is -0.0656. The molecule has 1 aromatic rings. The average molecular weight is 237 g/mol. The molecule has 0 saturated carbocycles. The summed E-state index contributed by atoms with van der Waals surface area (Å²) in [5, 5.41) is 9.99. The molecule has 1 aliphatic heterocycles. The van der Waals surface area contributed by atoms with Gasteiger partial charge >= 0.3 is 0 Å². The predicted octanol–water partition coefficient (Wildman–Crippen LogP) is 0.594. The molecule has 3 N–H and O–H groups in total. The van der Waals surface area contributed by atoms with E-state index in [9.17, 15) is 9.90 Å². The lowest BCUT2D eigenvalue weighted by Gasteiger charge is -2.36. The summed E-state index contributed by atoms with van der Waals surface area (Å²) in [5.41, 5.74) is 6.04. The van der Waals surface area contributed by atoms with Crippen molar-refractivity contribution in [2.24, 2.45) is 7.05 Å². The second-order valence-corrected chi connectivity index (χ2v) is 5.10. The lowest BCUT2D eigenvalue weighted by molar-refractivity contribution is -0.0110. The first-order chi connectivity index (χ1) is 7.89. The minimum Gasteiger partial charge on any atom is -0.397 e. The number of amides is 1. The summed E-state index contributed by atoms with van der Waals surface area (Å²) < 4.78 is 1.72. The van der Waals surface area contributed by atoms with E-state index in [1.165, 1.54) is 0 Å². The largest absolute Gasteiger partial charge is 0.397 e. The zero-order valence-corrected chi connectivity index (χ0v) is 10.3. The zero-order valence-electron chi connectivity index (χ0n) is 10.3. The second kappa shape index (κ2) is 4.07. The number of aromatic nitrogens is 1. The van der Waals surface area contributed by atoms with Crippen LogP contribution >= 0.6 is 0 Å². The van der Waals surface area contributed by atoms with Crippen molar-refractivity contribution in [2.75, 3.05) is 18.8 Å². The summed E-state index contributed by atoms with van der Waals surface area (Å²) >= 11 is 0. The van der Waals surface area contributed by atoms with Crippen molar-refractivity contribution in [2.45, 2.75) is 25.4 Å². The standard InChI is InChI=1S/C12H19N3O2/c1-12(17)4-3-5-15(8-12)11(16)10-6-9(13)7-14(10)2/h6-7,17H,3-5,8,13H2,1-2H3. The van der Waals surface area contributed by atoms with Crippen LogP contribution in [0, 0.1) is 0 Å². The van der Waals surface area contributed by atoms with E-state index < -0.39 is 5.60 Å². The van der Waals surface area contributed by atoms with E-state index in [-0.39, 0.29) is 5.91 Å². The number of nitrogens with zero attached hydrogens (tertiary/aromatic N) is 2. The first kappa shape index (κ1) is 12.0. The number of carbonyl (C=O) groups is 1. The van der Waals surface area contributed by atoms with Gasteiger partial charge in [-0.05, 0) is 25.8 Å². The van der Waals surface area contributed by atoms with E-state index >= 15 is 0 Å². The number of piperidine rings is 1. The second-order valence-electron chi connectivity index (χ2n) is 5.10. The summed E-state index contributed by atoms with van der Waals surface area (Å²) in [6.45, 7) is 2.85. The van der Waals surface area contributed by atoms with Gasteiger partial charge in [0, 0.05) is 26.3 Å². The van der Waals surface area contributed by atoms with Gasteiger partial charge in [0.1, 0.15) is 5.69 Å². The van der Waals surface area contributed by atoms with Crippen LogP contribution in [0.5, 0.6) is 0 Å². The van der Waals surface area contributed by atoms with E-state index in [0.717, 1.165) is 12.8 Å². The third-order valence-electron chi connectivity index (χ3n) is 3.21. The van der Waals surface area contributed by atoms with Gasteiger partial charge in [-0.25, -0.2) is 0 Å². The average Bonchev–Trinajstić information content (AvgIpc) is 2.55. The Balaban J connectivity index is 2.18. The fourth-order valence-electron chi connectivity index (χ4n) is 2.36. The van der Waals surface area contributed by atoms with Crippen LogP contribution in [0.4, 0.5) is 5.69 Å². The van der Waals surface area contributed by atoms with Crippen LogP contribution in [0.1, 0.15) is 30.3 Å². The van der Waals surface area contributed by atoms with Gasteiger partial charge in [0.2, 0.25) is 0 Å². The molecule has 17 heavy (non-hydrogen) atoms. The number of nitrogen functional groups attached to an aromatic ring is 1. The molecule has 5 heteroatoms. The molecule has 1 aliphatic rings. The molecule has 0 bridgehead atoms. The van der Waals surface area contributed by atoms with Crippen LogP contribution in [0.25, 0.3) is 0 Å². The van der Waals surface area contributed by atoms with Crippen molar-refractivity contribution in [3.05, 3.63) is 18.0 Å². The molecule has 0 aromatic carbocycles. The lowest BCUT2D eigenvalue weighted by Crippen LogP contribution is -2.48. The molecule has 0 spiro atoms. The smallest absolute Gasteiger partial charge is 0.270 e. The molecule has 1 atom stereocenters. The van der Waals surface area contributed by atoms with E-state index in [1.807, 2.05) is 0 Å². The number of aliphatic hydroxyl groups is 1. The molecule has 1 fully saturated rings. The molecule has 1 unspecified atom stereocenters. The number of carbonyl (C=O) groups excluding carboxylic acids is 1. The Labute approximate surface area is 101 Å². The Hall–Kier alpha value is -1.49. The van der Waals surface area contributed by atoms with E-state index in [2.05, 4.69) is 0 Å². The first-order valence-electron chi connectivity index (χ1n) is 5.82. The van der Waals surface area contributed by atoms with Gasteiger partial charge in [-0.3, -0.25) is 4.79 Å². The highest BCUT2D eigenvalue weighted by molar-refractivity contribution is 5.94. The maximum atomic E-state index is 12.3. The van der Waals surface area contributed by atoms with Crippen molar-refractivity contribution in [3.63, 3.8) is 0 Å². The molecule has 1 amide bonds. The highest BCUT2D eigenvalue weighted by Crippen LogP contribution is 2.22. The number of β-amino-alcohol motifs (C(OH)–C–C–N with tert-alkyl or cyclic N) is 1. The molecule has 94 valence electrons. The number of hydrogen-bond donors (Lipinski definition) is 2. The van der Waals surface area contributed by atoms with Crippen LogP contribution in [0.3, 0.4) is 0 Å².